The van der Waals surface area contributed by atoms with E-state index >= 15 is 0 Å². The number of rotatable bonds is 3. The van der Waals surface area contributed by atoms with Crippen LogP contribution in [0.2, 0.25) is 0 Å². The van der Waals surface area contributed by atoms with E-state index in [1.54, 1.807) is 13.0 Å². The van der Waals surface area contributed by atoms with E-state index in [1.165, 1.54) is 6.26 Å². The van der Waals surface area contributed by atoms with Crippen LogP contribution < -0.4 is 0 Å². The van der Waals surface area contributed by atoms with E-state index in [0.29, 0.717) is 23.1 Å². The average molecular weight is 241 g/mol. The Morgan fingerprint density at radius 3 is 3.00 bits per heavy atom. The summed E-state index contributed by atoms with van der Waals surface area (Å²) in [6, 6.07) is 1.66. The molecule has 0 aliphatic heterocycles. The summed E-state index contributed by atoms with van der Waals surface area (Å²) < 4.78 is 5.45. The first-order valence-electron chi connectivity index (χ1n) is 3.91. The fourth-order valence-electron chi connectivity index (χ4n) is 0.929. The number of carbonyl (C=O) groups is 1. The molecule has 0 bridgehead atoms. The van der Waals surface area contributed by atoms with Crippen LogP contribution >= 0.6 is 15.9 Å². The zero-order chi connectivity index (χ0) is 9.68. The Bertz CT molecular complexity index is 354. The Balaban J connectivity index is 2.57. The van der Waals surface area contributed by atoms with E-state index in [-0.39, 0.29) is 5.78 Å². The average Bonchev–Trinajstić information content (AvgIpc) is 2.52. The Labute approximate surface area is 85.4 Å². The summed E-state index contributed by atoms with van der Waals surface area (Å²) in [6.07, 6.45) is 2.54. The number of halogens is 1. The third-order valence-corrected chi connectivity index (χ3v) is 2.19. The minimum Gasteiger partial charge on any atom is -0.457 e. The van der Waals surface area contributed by atoms with Gasteiger partial charge in [-0.1, -0.05) is 0 Å². The fraction of sp³-hybridized carbons (Fsp3) is 0.300. The highest BCUT2D eigenvalue weighted by Crippen LogP contribution is 2.19. The molecule has 0 fully saturated rings. The van der Waals surface area contributed by atoms with Crippen LogP contribution in [0.1, 0.15) is 30.1 Å². The van der Waals surface area contributed by atoms with Crippen molar-refractivity contribution >= 4 is 21.7 Å². The molecule has 0 atom stereocenters. The van der Waals surface area contributed by atoms with Crippen molar-refractivity contribution in [2.45, 2.75) is 19.8 Å². The largest absolute Gasteiger partial charge is 0.457 e. The van der Waals surface area contributed by atoms with Gasteiger partial charge in [-0.15, -0.1) is 11.8 Å². The third-order valence-electron chi connectivity index (χ3n) is 1.57. The van der Waals surface area contributed by atoms with E-state index in [4.69, 9.17) is 4.42 Å². The lowest BCUT2D eigenvalue weighted by Gasteiger charge is -1.93. The molecule has 0 unspecified atom stereocenters. The van der Waals surface area contributed by atoms with Gasteiger partial charge in [-0.25, -0.2) is 0 Å². The molecule has 0 aromatic carbocycles. The van der Waals surface area contributed by atoms with Crippen molar-refractivity contribution in [2.75, 3.05) is 0 Å². The van der Waals surface area contributed by atoms with Crippen LogP contribution in [-0.2, 0) is 0 Å². The summed E-state index contributed by atoms with van der Waals surface area (Å²) in [7, 11) is 0. The monoisotopic (exact) mass is 240 g/mol. The molecule has 1 heterocycles. The molecule has 1 rings (SSSR count). The van der Waals surface area contributed by atoms with Gasteiger partial charge in [0.25, 0.3) is 0 Å². The normalized spacial score (nSPS) is 9.08. The summed E-state index contributed by atoms with van der Waals surface area (Å²) >= 11 is 3.15. The molecule has 2 nitrogen and oxygen atoms in total. The van der Waals surface area contributed by atoms with Gasteiger partial charge in [-0.3, -0.25) is 4.79 Å². The van der Waals surface area contributed by atoms with Crippen molar-refractivity contribution in [3.05, 3.63) is 22.6 Å². The summed E-state index contributed by atoms with van der Waals surface area (Å²) in [5, 5.41) is 0. The quantitative estimate of drug-likeness (QED) is 0.601. The first-order valence-corrected chi connectivity index (χ1v) is 4.71. The first-order chi connectivity index (χ1) is 6.25. The van der Waals surface area contributed by atoms with Gasteiger partial charge in [0.2, 0.25) is 0 Å². The highest BCUT2D eigenvalue weighted by Gasteiger charge is 2.10. The van der Waals surface area contributed by atoms with Crippen molar-refractivity contribution in [3.8, 4) is 11.8 Å². The zero-order valence-electron chi connectivity index (χ0n) is 7.26. The molecular formula is C10H9BrO2. The SMILES string of the molecule is CC#CCCC(=O)c1ccoc1Br. The Hall–Kier alpha value is -1.01. The molecule has 68 valence electrons. The number of carbonyl (C=O) groups excluding carboxylic acids is 1. The lowest BCUT2D eigenvalue weighted by atomic mass is 10.1. The number of ketones is 1. The lowest BCUT2D eigenvalue weighted by molar-refractivity contribution is 0.0982. The second kappa shape index (κ2) is 4.88. The second-order valence-electron chi connectivity index (χ2n) is 2.46. The Morgan fingerprint density at radius 2 is 2.46 bits per heavy atom. The lowest BCUT2D eigenvalue weighted by Crippen LogP contribution is -1.96. The molecule has 13 heavy (non-hydrogen) atoms. The van der Waals surface area contributed by atoms with Crippen molar-refractivity contribution in [3.63, 3.8) is 0 Å². The van der Waals surface area contributed by atoms with Gasteiger partial charge in [-0.05, 0) is 28.9 Å². The van der Waals surface area contributed by atoms with Crippen molar-refractivity contribution in [1.29, 1.82) is 0 Å². The van der Waals surface area contributed by atoms with Crippen LogP contribution in [0, 0.1) is 11.8 Å². The van der Waals surface area contributed by atoms with Gasteiger partial charge >= 0.3 is 0 Å². The molecule has 0 amide bonds. The van der Waals surface area contributed by atoms with Gasteiger partial charge in [0, 0.05) is 12.8 Å². The van der Waals surface area contributed by atoms with Gasteiger partial charge < -0.3 is 4.42 Å². The summed E-state index contributed by atoms with van der Waals surface area (Å²) in [5.41, 5.74) is 0.595. The topological polar surface area (TPSA) is 30.2 Å². The zero-order valence-corrected chi connectivity index (χ0v) is 8.85. The minimum atomic E-state index is 0.0587. The molecule has 0 aliphatic carbocycles. The predicted molar refractivity (Wildman–Crippen MR) is 53.4 cm³/mol. The first kappa shape index (κ1) is 10.1. The van der Waals surface area contributed by atoms with E-state index in [1.807, 2.05) is 0 Å². The van der Waals surface area contributed by atoms with Crippen LogP contribution in [0.5, 0.6) is 0 Å². The van der Waals surface area contributed by atoms with Crippen LogP contribution in [0.4, 0.5) is 0 Å². The number of furan rings is 1. The number of hydrogen-bond acceptors (Lipinski definition) is 2. The van der Waals surface area contributed by atoms with Gasteiger partial charge in [-0.2, -0.15) is 0 Å². The predicted octanol–water partition coefficient (Wildman–Crippen LogP) is 3.03. The van der Waals surface area contributed by atoms with Crippen LogP contribution in [-0.4, -0.2) is 5.78 Å². The molecule has 3 heteroatoms. The minimum absolute atomic E-state index is 0.0587. The third kappa shape index (κ3) is 2.74. The Kier molecular flexibility index (Phi) is 3.78. The summed E-state index contributed by atoms with van der Waals surface area (Å²) in [5.74, 6) is 5.65. The van der Waals surface area contributed by atoms with Gasteiger partial charge in [0.1, 0.15) is 0 Å². The van der Waals surface area contributed by atoms with Crippen molar-refractivity contribution in [1.82, 2.24) is 0 Å². The highest BCUT2D eigenvalue weighted by molar-refractivity contribution is 9.10. The molecule has 0 radical (unpaired) electrons. The van der Waals surface area contributed by atoms with Crippen LogP contribution in [0.25, 0.3) is 0 Å². The van der Waals surface area contributed by atoms with E-state index in [2.05, 4.69) is 27.8 Å². The number of Topliss-reactive ketones (excluding diaryl/α,β-unsaturated/α-hetero) is 1. The maximum atomic E-state index is 11.4. The fourth-order valence-corrected chi connectivity index (χ4v) is 1.39. The molecule has 1 aromatic heterocycles. The van der Waals surface area contributed by atoms with E-state index in [9.17, 15) is 4.79 Å². The maximum absolute atomic E-state index is 11.4. The van der Waals surface area contributed by atoms with Crippen molar-refractivity contribution in [2.24, 2.45) is 0 Å². The number of hydrogen-bond donors (Lipinski definition) is 0. The molecular weight excluding hydrogens is 232 g/mol. The molecule has 0 saturated carbocycles. The molecule has 0 N–H and O–H groups in total. The molecule has 0 spiro atoms. The van der Waals surface area contributed by atoms with E-state index < -0.39 is 0 Å². The molecule has 1 aromatic rings. The summed E-state index contributed by atoms with van der Waals surface area (Å²) in [4.78, 5) is 11.4. The van der Waals surface area contributed by atoms with Crippen LogP contribution in [0.15, 0.2) is 21.4 Å². The van der Waals surface area contributed by atoms with Gasteiger partial charge in [0.05, 0.1) is 11.8 Å². The van der Waals surface area contributed by atoms with E-state index in [0.717, 1.165) is 0 Å². The van der Waals surface area contributed by atoms with Crippen molar-refractivity contribution < 1.29 is 9.21 Å². The molecule has 0 saturated heterocycles. The van der Waals surface area contributed by atoms with Crippen LogP contribution in [0.3, 0.4) is 0 Å². The Morgan fingerprint density at radius 1 is 1.69 bits per heavy atom. The second-order valence-corrected chi connectivity index (χ2v) is 3.18. The highest BCUT2D eigenvalue weighted by atomic mass is 79.9. The smallest absolute Gasteiger partial charge is 0.179 e. The maximum Gasteiger partial charge on any atom is 0.179 e. The summed E-state index contributed by atoms with van der Waals surface area (Å²) in [6.45, 7) is 1.76. The van der Waals surface area contributed by atoms with Gasteiger partial charge in [0.15, 0.2) is 10.5 Å². The molecule has 0 aliphatic rings. The standard InChI is InChI=1S/C10H9BrO2/c1-2-3-4-5-9(12)8-6-7-13-10(8)11/h6-7H,4-5H2,1H3.